The molecule has 0 heterocycles. The highest BCUT2D eigenvalue weighted by molar-refractivity contribution is 5.39. The maximum atomic E-state index is 5.72. The fraction of sp³-hybridized carbons (Fsp3) is 0.857. The second kappa shape index (κ2) is 37.2. The van der Waals surface area contributed by atoms with Crippen molar-refractivity contribution < 1.29 is 0 Å². The summed E-state index contributed by atoms with van der Waals surface area (Å²) in [6.07, 6.45) is 47.6. The van der Waals surface area contributed by atoms with Gasteiger partial charge in [0.1, 0.15) is 0 Å². The summed E-state index contributed by atoms with van der Waals surface area (Å²) in [6.45, 7) is 6.88. The first kappa shape index (κ1) is 42.0. The smallest absolute Gasteiger partial charge is 0.0314 e. The Labute approximate surface area is 273 Å². The third-order valence-electron chi connectivity index (χ3n) is 9.26. The molecule has 0 aliphatic carbocycles. The van der Waals surface area contributed by atoms with E-state index in [1.807, 2.05) is 12.1 Å². The maximum Gasteiger partial charge on any atom is 0.0314 e. The molecule has 0 radical (unpaired) electrons. The van der Waals surface area contributed by atoms with Gasteiger partial charge in [0.25, 0.3) is 0 Å². The first-order valence-corrected chi connectivity index (χ1v) is 20.1. The molecule has 0 saturated heterocycles. The molecule has 0 atom stereocenters. The van der Waals surface area contributed by atoms with Crippen LogP contribution in [0.25, 0.3) is 0 Å². The zero-order valence-corrected chi connectivity index (χ0v) is 30.2. The van der Waals surface area contributed by atoms with Crippen LogP contribution in [0.5, 0.6) is 0 Å². The number of aryl methyl sites for hydroxylation is 1. The molecular weight excluding hydrogens is 518 g/mol. The van der Waals surface area contributed by atoms with Gasteiger partial charge in [0, 0.05) is 5.69 Å². The molecule has 1 aromatic rings. The van der Waals surface area contributed by atoms with Crippen molar-refractivity contribution in [1.82, 2.24) is 0 Å². The summed E-state index contributed by atoms with van der Waals surface area (Å²) in [5.74, 6) is 0. The minimum Gasteiger partial charge on any atom is -0.399 e. The summed E-state index contributed by atoms with van der Waals surface area (Å²) in [5.41, 5.74) is 8.02. The molecule has 0 fully saturated rings. The third kappa shape index (κ3) is 35.4. The lowest BCUT2D eigenvalue weighted by Crippen LogP contribution is -1.88. The van der Waals surface area contributed by atoms with Gasteiger partial charge in [-0.15, -0.1) is 0 Å². The van der Waals surface area contributed by atoms with Crippen LogP contribution in [0.3, 0.4) is 0 Å². The highest BCUT2D eigenvalue weighted by atomic mass is 14.5. The number of rotatable bonds is 32. The van der Waals surface area contributed by atoms with E-state index in [0.29, 0.717) is 0 Å². The Balaban J connectivity index is 0.000000901. The average Bonchev–Trinajstić information content (AvgIpc) is 3.02. The molecule has 1 heteroatoms. The molecule has 43 heavy (non-hydrogen) atoms. The summed E-state index contributed by atoms with van der Waals surface area (Å²) in [6, 6.07) is 8.37. The van der Waals surface area contributed by atoms with Crippen molar-refractivity contribution in [3.05, 3.63) is 29.8 Å². The lowest BCUT2D eigenvalue weighted by molar-refractivity contribution is 0.527. The second-order valence-corrected chi connectivity index (χ2v) is 13.7. The standard InChI is InChI=1S/C25H45N.C17H36/c1-2-3-4-5-6-7-8-9-10-11-12-13-14-15-16-17-18-19-24-20-22-25(26)23-21-24;1-3-5-7-9-11-13-15-17-16-14-12-10-8-6-4-2/h20-23H,2-19,26H2,1H3;3-17H2,1-2H3. The quantitative estimate of drug-likeness (QED) is 0.0647. The van der Waals surface area contributed by atoms with Gasteiger partial charge < -0.3 is 5.73 Å². The van der Waals surface area contributed by atoms with E-state index in [4.69, 9.17) is 5.73 Å². The number of hydrogen-bond donors (Lipinski definition) is 1. The lowest BCUT2D eigenvalue weighted by Gasteiger charge is -2.04. The summed E-state index contributed by atoms with van der Waals surface area (Å²) >= 11 is 0. The van der Waals surface area contributed by atoms with Gasteiger partial charge in [-0.05, 0) is 30.5 Å². The summed E-state index contributed by atoms with van der Waals surface area (Å²) in [4.78, 5) is 0. The predicted molar refractivity (Wildman–Crippen MR) is 199 cm³/mol. The van der Waals surface area contributed by atoms with Crippen LogP contribution in [0.4, 0.5) is 5.69 Å². The Morgan fingerprint density at radius 1 is 0.302 bits per heavy atom. The fourth-order valence-electron chi connectivity index (χ4n) is 6.18. The van der Waals surface area contributed by atoms with Crippen LogP contribution in [-0.4, -0.2) is 0 Å². The molecule has 254 valence electrons. The van der Waals surface area contributed by atoms with E-state index < -0.39 is 0 Å². The van der Waals surface area contributed by atoms with Crippen LogP contribution in [0, 0.1) is 0 Å². The van der Waals surface area contributed by atoms with Crippen molar-refractivity contribution in [2.75, 3.05) is 5.73 Å². The van der Waals surface area contributed by atoms with Gasteiger partial charge in [0.2, 0.25) is 0 Å². The largest absolute Gasteiger partial charge is 0.399 e. The van der Waals surface area contributed by atoms with Gasteiger partial charge in [-0.25, -0.2) is 0 Å². The monoisotopic (exact) mass is 600 g/mol. The fourth-order valence-corrected chi connectivity index (χ4v) is 6.18. The topological polar surface area (TPSA) is 26.0 Å². The number of benzene rings is 1. The molecule has 0 aliphatic rings. The zero-order valence-electron chi connectivity index (χ0n) is 30.2. The third-order valence-corrected chi connectivity index (χ3v) is 9.26. The first-order chi connectivity index (χ1) is 21.2. The van der Waals surface area contributed by atoms with E-state index in [9.17, 15) is 0 Å². The van der Waals surface area contributed by atoms with Gasteiger partial charge in [-0.2, -0.15) is 0 Å². The first-order valence-electron chi connectivity index (χ1n) is 20.1. The van der Waals surface area contributed by atoms with Gasteiger partial charge in [-0.3, -0.25) is 0 Å². The highest BCUT2D eigenvalue weighted by Gasteiger charge is 1.97. The molecule has 0 unspecified atom stereocenters. The van der Waals surface area contributed by atoms with Gasteiger partial charge in [0.15, 0.2) is 0 Å². The van der Waals surface area contributed by atoms with E-state index in [1.165, 1.54) is 217 Å². The number of anilines is 1. The van der Waals surface area contributed by atoms with Gasteiger partial charge in [-0.1, -0.05) is 232 Å². The lowest BCUT2D eigenvalue weighted by atomic mass is 10.0. The summed E-state index contributed by atoms with van der Waals surface area (Å²) in [7, 11) is 0. The van der Waals surface area contributed by atoms with E-state index in [-0.39, 0.29) is 0 Å². The number of unbranched alkanes of at least 4 members (excludes halogenated alkanes) is 30. The molecule has 1 nitrogen and oxygen atoms in total. The number of nitrogen functional groups attached to an aromatic ring is 1. The minimum absolute atomic E-state index is 0.871. The molecule has 0 amide bonds. The van der Waals surface area contributed by atoms with Crippen molar-refractivity contribution in [1.29, 1.82) is 0 Å². The average molecular weight is 600 g/mol. The molecule has 0 aliphatic heterocycles. The molecule has 1 rings (SSSR count). The van der Waals surface area contributed by atoms with Crippen LogP contribution >= 0.6 is 0 Å². The Morgan fingerprint density at radius 2 is 0.512 bits per heavy atom. The van der Waals surface area contributed by atoms with E-state index in [0.717, 1.165) is 5.69 Å². The molecule has 2 N–H and O–H groups in total. The SMILES string of the molecule is CCCCCCCCCCCCCCCCC.CCCCCCCCCCCCCCCCCCCc1ccc(N)cc1. The van der Waals surface area contributed by atoms with Crippen molar-refractivity contribution in [3.63, 3.8) is 0 Å². The van der Waals surface area contributed by atoms with E-state index >= 15 is 0 Å². The number of nitrogens with two attached hydrogens (primary N) is 1. The Hall–Kier alpha value is -0.980. The molecule has 0 bridgehead atoms. The molecule has 0 spiro atoms. The molecule has 0 saturated carbocycles. The van der Waals surface area contributed by atoms with Crippen molar-refractivity contribution >= 4 is 5.69 Å². The Kier molecular flexibility index (Phi) is 36.4. The van der Waals surface area contributed by atoms with Crippen LogP contribution < -0.4 is 5.73 Å². The zero-order chi connectivity index (χ0) is 31.3. The highest BCUT2D eigenvalue weighted by Crippen LogP contribution is 2.16. The Bertz CT molecular complexity index is 592. The van der Waals surface area contributed by atoms with Crippen LogP contribution in [-0.2, 0) is 6.42 Å². The van der Waals surface area contributed by atoms with E-state index in [1.54, 1.807) is 0 Å². The maximum absolute atomic E-state index is 5.72. The molecule has 0 aromatic heterocycles. The van der Waals surface area contributed by atoms with Crippen molar-refractivity contribution in [2.45, 2.75) is 233 Å². The van der Waals surface area contributed by atoms with E-state index in [2.05, 4.69) is 32.9 Å². The van der Waals surface area contributed by atoms with Gasteiger partial charge in [0.05, 0.1) is 0 Å². The van der Waals surface area contributed by atoms with Crippen LogP contribution in [0.1, 0.15) is 232 Å². The summed E-state index contributed by atoms with van der Waals surface area (Å²) in [5, 5.41) is 0. The van der Waals surface area contributed by atoms with Gasteiger partial charge >= 0.3 is 0 Å². The summed E-state index contributed by atoms with van der Waals surface area (Å²) < 4.78 is 0. The van der Waals surface area contributed by atoms with Crippen LogP contribution in [0.15, 0.2) is 24.3 Å². The number of hydrogen-bond acceptors (Lipinski definition) is 1. The van der Waals surface area contributed by atoms with Crippen molar-refractivity contribution in [2.24, 2.45) is 0 Å². The minimum atomic E-state index is 0.871. The molecule has 1 aromatic carbocycles. The second-order valence-electron chi connectivity index (χ2n) is 13.7. The van der Waals surface area contributed by atoms with Crippen molar-refractivity contribution in [3.8, 4) is 0 Å². The normalized spacial score (nSPS) is 11.0. The Morgan fingerprint density at radius 3 is 0.744 bits per heavy atom. The molecular formula is C42H81N. The predicted octanol–water partition coefficient (Wildman–Crippen LogP) is 15.3. The van der Waals surface area contributed by atoms with Crippen LogP contribution in [0.2, 0.25) is 0 Å².